The van der Waals surface area contributed by atoms with E-state index in [9.17, 15) is 9.59 Å². The third kappa shape index (κ3) is 4.49. The molecular formula is C23H18N2O5S. The fraction of sp³-hybridized carbons (Fsp3) is 0.0870. The summed E-state index contributed by atoms with van der Waals surface area (Å²) in [4.78, 5) is 29.3. The smallest absolute Gasteiger partial charge is 0.363 e. The van der Waals surface area contributed by atoms with E-state index in [4.69, 9.17) is 14.2 Å². The van der Waals surface area contributed by atoms with Gasteiger partial charge in [-0.3, -0.25) is 0 Å². The number of nitrogens with zero attached hydrogens (tertiary/aromatic N) is 1. The summed E-state index contributed by atoms with van der Waals surface area (Å²) in [5.41, 5.74) is 2.45. The van der Waals surface area contributed by atoms with Crippen LogP contribution in [-0.2, 0) is 9.53 Å². The zero-order chi connectivity index (χ0) is 21.8. The molecule has 0 aliphatic carbocycles. The first-order valence-corrected chi connectivity index (χ1v) is 10.2. The predicted octanol–water partition coefficient (Wildman–Crippen LogP) is 4.36. The third-order valence-corrected chi connectivity index (χ3v) is 5.31. The summed E-state index contributed by atoms with van der Waals surface area (Å²) in [6.45, 7) is 0. The molecule has 0 atom stereocenters. The molecule has 7 nitrogen and oxygen atoms in total. The number of carbonyl (C=O) groups excluding carboxylic acids is 2. The second-order valence-electron chi connectivity index (χ2n) is 6.44. The van der Waals surface area contributed by atoms with Crippen LogP contribution in [0.2, 0.25) is 0 Å². The normalized spacial score (nSPS) is 14.2. The molecule has 0 spiro atoms. The molecule has 1 aromatic heterocycles. The largest absolute Gasteiger partial charge is 0.493 e. The van der Waals surface area contributed by atoms with Crippen LogP contribution in [0.15, 0.2) is 70.7 Å². The van der Waals surface area contributed by atoms with Crippen LogP contribution >= 0.6 is 11.3 Å². The molecule has 1 aliphatic heterocycles. The van der Waals surface area contributed by atoms with E-state index in [1.54, 1.807) is 41.8 Å². The highest BCUT2D eigenvalue weighted by atomic mass is 32.1. The lowest BCUT2D eigenvalue weighted by Gasteiger charge is -2.09. The van der Waals surface area contributed by atoms with Crippen LogP contribution in [0.4, 0.5) is 5.69 Å². The molecule has 0 saturated heterocycles. The van der Waals surface area contributed by atoms with Crippen LogP contribution in [0.25, 0.3) is 6.08 Å². The zero-order valence-electron chi connectivity index (χ0n) is 16.7. The van der Waals surface area contributed by atoms with E-state index in [-0.39, 0.29) is 17.3 Å². The second kappa shape index (κ2) is 8.85. The summed E-state index contributed by atoms with van der Waals surface area (Å²) in [7, 11) is 3.30. The first-order valence-electron chi connectivity index (χ1n) is 9.32. The fourth-order valence-electron chi connectivity index (χ4n) is 2.87. The number of anilines is 1. The summed E-state index contributed by atoms with van der Waals surface area (Å²) in [5.74, 6) is -0.118. The Morgan fingerprint density at radius 1 is 1.13 bits per heavy atom. The minimum atomic E-state index is -0.542. The Bertz CT molecular complexity index is 1180. The summed E-state index contributed by atoms with van der Waals surface area (Å²) < 4.78 is 16.1. The van der Waals surface area contributed by atoms with Crippen LogP contribution in [0.5, 0.6) is 11.5 Å². The van der Waals surface area contributed by atoms with Gasteiger partial charge in [0.25, 0.3) is 0 Å². The lowest BCUT2D eigenvalue weighted by molar-refractivity contribution is -0.129. The Labute approximate surface area is 182 Å². The van der Waals surface area contributed by atoms with Gasteiger partial charge in [-0.1, -0.05) is 12.1 Å². The van der Waals surface area contributed by atoms with E-state index >= 15 is 0 Å². The molecule has 156 valence electrons. The molecule has 0 radical (unpaired) electrons. The number of benzene rings is 2. The van der Waals surface area contributed by atoms with Crippen LogP contribution in [0, 0.1) is 0 Å². The van der Waals surface area contributed by atoms with Gasteiger partial charge in [0.2, 0.25) is 5.90 Å². The highest BCUT2D eigenvalue weighted by Gasteiger charge is 2.24. The van der Waals surface area contributed by atoms with Crippen molar-refractivity contribution in [2.45, 2.75) is 0 Å². The fourth-order valence-corrected chi connectivity index (χ4v) is 3.47. The number of rotatable bonds is 6. The molecular weight excluding hydrogens is 416 g/mol. The molecule has 31 heavy (non-hydrogen) atoms. The van der Waals surface area contributed by atoms with E-state index in [1.165, 1.54) is 18.4 Å². The maximum atomic E-state index is 12.3. The molecule has 0 amide bonds. The number of nitrogens with one attached hydrogen (secondary N) is 1. The van der Waals surface area contributed by atoms with Crippen molar-refractivity contribution in [2.75, 3.05) is 19.5 Å². The molecule has 0 fully saturated rings. The van der Waals surface area contributed by atoms with Crippen molar-refractivity contribution >= 4 is 40.9 Å². The summed E-state index contributed by atoms with van der Waals surface area (Å²) >= 11 is 1.29. The van der Waals surface area contributed by atoms with Gasteiger partial charge in [0.15, 0.2) is 17.2 Å². The predicted molar refractivity (Wildman–Crippen MR) is 119 cm³/mol. The molecule has 4 rings (SSSR count). The van der Waals surface area contributed by atoms with Crippen LogP contribution < -0.4 is 14.8 Å². The van der Waals surface area contributed by atoms with Gasteiger partial charge < -0.3 is 19.5 Å². The van der Waals surface area contributed by atoms with Crippen LogP contribution in [0.3, 0.4) is 0 Å². The first-order chi connectivity index (χ1) is 15.1. The van der Waals surface area contributed by atoms with Crippen molar-refractivity contribution in [3.63, 3.8) is 0 Å². The molecule has 1 aliphatic rings. The number of thiophene rings is 1. The van der Waals surface area contributed by atoms with Crippen LogP contribution in [0.1, 0.15) is 20.8 Å². The van der Waals surface area contributed by atoms with Gasteiger partial charge in [-0.15, -0.1) is 11.3 Å². The number of aliphatic imine (C=N–C) groups is 1. The maximum Gasteiger partial charge on any atom is 0.363 e. The monoisotopic (exact) mass is 434 g/mol. The Hall–Kier alpha value is -3.91. The van der Waals surface area contributed by atoms with E-state index in [1.807, 2.05) is 31.3 Å². The second-order valence-corrected chi connectivity index (χ2v) is 7.39. The van der Waals surface area contributed by atoms with Crippen molar-refractivity contribution in [3.05, 3.63) is 81.7 Å². The van der Waals surface area contributed by atoms with Crippen molar-refractivity contribution in [1.82, 2.24) is 0 Å². The Morgan fingerprint density at radius 3 is 2.61 bits per heavy atom. The number of hydrogen-bond donors (Lipinski definition) is 1. The molecule has 2 aromatic carbocycles. The lowest BCUT2D eigenvalue weighted by atomic mass is 10.1. The van der Waals surface area contributed by atoms with E-state index in [2.05, 4.69) is 10.3 Å². The maximum absolute atomic E-state index is 12.3. The highest BCUT2D eigenvalue weighted by molar-refractivity contribution is 7.12. The number of ether oxygens (including phenoxy) is 3. The summed E-state index contributed by atoms with van der Waals surface area (Å²) in [6.07, 6.45) is 1.59. The van der Waals surface area contributed by atoms with E-state index < -0.39 is 11.9 Å². The minimum Gasteiger partial charge on any atom is -0.493 e. The van der Waals surface area contributed by atoms with Gasteiger partial charge >= 0.3 is 11.9 Å². The number of esters is 2. The molecule has 0 saturated carbocycles. The molecule has 0 bridgehead atoms. The Morgan fingerprint density at radius 2 is 1.94 bits per heavy atom. The van der Waals surface area contributed by atoms with Crippen molar-refractivity contribution in [1.29, 1.82) is 0 Å². The SMILES string of the molecule is CNc1ccc(C2=N/C(=C/c3ccc(OC(=O)c4cccs4)c(OC)c3)C(=O)O2)cc1. The Balaban J connectivity index is 1.56. The topological polar surface area (TPSA) is 86.2 Å². The molecule has 8 heteroatoms. The quantitative estimate of drug-likeness (QED) is 0.352. The van der Waals surface area contributed by atoms with Crippen LogP contribution in [-0.4, -0.2) is 32.0 Å². The van der Waals surface area contributed by atoms with Gasteiger partial charge in [0, 0.05) is 18.3 Å². The zero-order valence-corrected chi connectivity index (χ0v) is 17.6. The van der Waals surface area contributed by atoms with Gasteiger partial charge in [-0.25, -0.2) is 14.6 Å². The summed E-state index contributed by atoms with van der Waals surface area (Å²) in [6, 6.07) is 15.8. The van der Waals surface area contributed by atoms with E-state index in [0.29, 0.717) is 21.8 Å². The lowest BCUT2D eigenvalue weighted by Crippen LogP contribution is -2.07. The van der Waals surface area contributed by atoms with Gasteiger partial charge in [0.05, 0.1) is 7.11 Å². The first kappa shape index (κ1) is 20.4. The van der Waals surface area contributed by atoms with Crippen molar-refractivity contribution < 1.29 is 23.8 Å². The Kier molecular flexibility index (Phi) is 5.81. The minimum absolute atomic E-state index is 0.165. The molecule has 0 unspecified atom stereocenters. The number of cyclic esters (lactones) is 1. The van der Waals surface area contributed by atoms with Gasteiger partial charge in [-0.05, 0) is 59.5 Å². The van der Waals surface area contributed by atoms with Crippen molar-refractivity contribution in [2.24, 2.45) is 4.99 Å². The molecule has 3 aromatic rings. The number of methoxy groups -OCH3 is 1. The standard InChI is InChI=1S/C23H18N2O5S/c1-24-16-8-6-15(7-9-16)21-25-17(22(26)30-21)12-14-5-10-18(19(13-14)28-2)29-23(27)20-4-3-11-31-20/h3-13,24H,1-2H3/b17-12+. The molecule has 2 heterocycles. The molecule has 1 N–H and O–H groups in total. The van der Waals surface area contributed by atoms with E-state index in [0.717, 1.165) is 5.69 Å². The van der Waals surface area contributed by atoms with Crippen molar-refractivity contribution in [3.8, 4) is 11.5 Å². The third-order valence-electron chi connectivity index (χ3n) is 4.46. The average molecular weight is 434 g/mol. The summed E-state index contributed by atoms with van der Waals surface area (Å²) in [5, 5.41) is 4.83. The number of carbonyl (C=O) groups is 2. The average Bonchev–Trinajstić information content (AvgIpc) is 3.45. The van der Waals surface area contributed by atoms with Gasteiger partial charge in [0.1, 0.15) is 4.88 Å². The highest BCUT2D eigenvalue weighted by Crippen LogP contribution is 2.31. The van der Waals surface area contributed by atoms with Gasteiger partial charge in [-0.2, -0.15) is 0 Å². The number of hydrogen-bond acceptors (Lipinski definition) is 8.